The summed E-state index contributed by atoms with van der Waals surface area (Å²) in [6.07, 6.45) is 36.6. The Bertz CT molecular complexity index is 599. The molecule has 4 atom stereocenters. The van der Waals surface area contributed by atoms with E-state index in [1.165, 1.54) is 154 Å². The van der Waals surface area contributed by atoms with Crippen LogP contribution in [0.1, 0.15) is 181 Å². The van der Waals surface area contributed by atoms with Gasteiger partial charge in [0.2, 0.25) is 5.91 Å². The molecule has 4 unspecified atom stereocenters. The summed E-state index contributed by atoms with van der Waals surface area (Å²) in [7, 11) is 4.15. The molecule has 0 radical (unpaired) electrons. The van der Waals surface area contributed by atoms with Crippen molar-refractivity contribution in [1.82, 2.24) is 10.2 Å². The van der Waals surface area contributed by atoms with Gasteiger partial charge in [-0.05, 0) is 88.8 Å². The molecule has 2 aliphatic carbocycles. The molecule has 41 heavy (non-hydrogen) atoms. The Morgan fingerprint density at radius 1 is 0.634 bits per heavy atom. The molecule has 2 rings (SSSR count). The highest BCUT2D eigenvalue weighted by Crippen LogP contribution is 2.54. The number of nitrogens with zero attached hydrogens (tertiary/aromatic N) is 1. The molecule has 3 heteroatoms. The number of carbonyl (C=O) groups excluding carboxylic acids is 1. The molecule has 1 amide bonds. The third kappa shape index (κ3) is 20.1. The number of amides is 1. The van der Waals surface area contributed by atoms with Crippen molar-refractivity contribution in [3.8, 4) is 0 Å². The maximum absolute atomic E-state index is 12.0. The van der Waals surface area contributed by atoms with E-state index in [0.717, 1.165) is 49.1 Å². The van der Waals surface area contributed by atoms with Crippen LogP contribution in [0.15, 0.2) is 0 Å². The van der Waals surface area contributed by atoms with Crippen LogP contribution in [0.25, 0.3) is 0 Å². The van der Waals surface area contributed by atoms with Gasteiger partial charge in [0.1, 0.15) is 0 Å². The zero-order valence-corrected chi connectivity index (χ0v) is 28.5. The van der Waals surface area contributed by atoms with E-state index in [0.29, 0.717) is 6.42 Å². The van der Waals surface area contributed by atoms with E-state index in [1.54, 1.807) is 0 Å². The van der Waals surface area contributed by atoms with Crippen LogP contribution < -0.4 is 5.32 Å². The van der Waals surface area contributed by atoms with Gasteiger partial charge >= 0.3 is 0 Å². The van der Waals surface area contributed by atoms with Crippen LogP contribution in [-0.2, 0) is 4.79 Å². The first-order valence-corrected chi connectivity index (χ1v) is 18.9. The summed E-state index contributed by atoms with van der Waals surface area (Å²) in [6, 6.07) is 0. The third-order valence-electron chi connectivity index (χ3n) is 10.5. The van der Waals surface area contributed by atoms with Crippen LogP contribution in [0, 0.1) is 29.6 Å². The fourth-order valence-electron chi connectivity index (χ4n) is 7.35. The molecular weight excluding hydrogens is 500 g/mol. The van der Waals surface area contributed by atoms with Crippen molar-refractivity contribution in [2.45, 2.75) is 181 Å². The molecule has 0 aromatic rings. The Labute approximate surface area is 258 Å². The van der Waals surface area contributed by atoms with Crippen LogP contribution in [0.5, 0.6) is 0 Å². The van der Waals surface area contributed by atoms with E-state index >= 15 is 0 Å². The minimum Gasteiger partial charge on any atom is -0.356 e. The highest BCUT2D eigenvalue weighted by atomic mass is 16.1. The largest absolute Gasteiger partial charge is 0.356 e. The normalized spacial score (nSPS) is 21.6. The fraction of sp³-hybridized carbons (Fsp3) is 0.974. The maximum atomic E-state index is 12.0. The highest BCUT2D eigenvalue weighted by molar-refractivity contribution is 5.75. The lowest BCUT2D eigenvalue weighted by Gasteiger charge is -2.17. The van der Waals surface area contributed by atoms with E-state index in [2.05, 4.69) is 38.2 Å². The number of unbranched alkanes of at least 4 members (excludes halogenated alkanes) is 14. The standard InChI is InChI=1S/C38H74N2O/c1-5-7-9-11-13-15-17-19-22-33(23-20-18-16-14-12-10-8-6-2)25-26-34-30-36(34)32-37-31-35(37)27-28-39-38(41)24-21-29-40(3)4/h33-37H,5-32H2,1-4H3,(H,39,41). The average Bonchev–Trinajstić information content (AvgIpc) is 3.87. The van der Waals surface area contributed by atoms with E-state index in [9.17, 15) is 4.79 Å². The number of rotatable bonds is 30. The summed E-state index contributed by atoms with van der Waals surface area (Å²) in [5.41, 5.74) is 0. The van der Waals surface area contributed by atoms with Gasteiger partial charge in [0.05, 0.1) is 0 Å². The molecule has 0 aromatic carbocycles. The summed E-state index contributed by atoms with van der Waals surface area (Å²) in [5.74, 6) is 5.21. The number of carbonyl (C=O) groups is 1. The van der Waals surface area contributed by atoms with Crippen molar-refractivity contribution in [3.63, 3.8) is 0 Å². The van der Waals surface area contributed by atoms with Crippen LogP contribution in [0.3, 0.4) is 0 Å². The number of hydrogen-bond donors (Lipinski definition) is 1. The summed E-state index contributed by atoms with van der Waals surface area (Å²) < 4.78 is 0. The molecule has 1 N–H and O–H groups in total. The Kier molecular flexibility index (Phi) is 21.3. The molecule has 2 fully saturated rings. The lowest BCUT2D eigenvalue weighted by atomic mass is 9.89. The molecule has 0 saturated heterocycles. The van der Waals surface area contributed by atoms with E-state index in [1.807, 2.05) is 0 Å². The van der Waals surface area contributed by atoms with E-state index < -0.39 is 0 Å². The SMILES string of the molecule is CCCCCCCCCCC(CCCCCCCCCC)CCC1CC1CC1CC1CCNC(=O)CCCN(C)C. The summed E-state index contributed by atoms with van der Waals surface area (Å²) in [4.78, 5) is 14.2. The van der Waals surface area contributed by atoms with Gasteiger partial charge in [-0.1, -0.05) is 136 Å². The Morgan fingerprint density at radius 3 is 1.63 bits per heavy atom. The van der Waals surface area contributed by atoms with Crippen LogP contribution in [0.2, 0.25) is 0 Å². The van der Waals surface area contributed by atoms with E-state index in [4.69, 9.17) is 0 Å². The van der Waals surface area contributed by atoms with Crippen LogP contribution in [-0.4, -0.2) is 38.0 Å². The predicted octanol–water partition coefficient (Wildman–Crippen LogP) is 11.0. The first-order chi connectivity index (χ1) is 20.0. The smallest absolute Gasteiger partial charge is 0.220 e. The molecule has 242 valence electrons. The third-order valence-corrected chi connectivity index (χ3v) is 10.5. The average molecular weight is 575 g/mol. The molecule has 0 bridgehead atoms. The van der Waals surface area contributed by atoms with Gasteiger partial charge in [0.25, 0.3) is 0 Å². The van der Waals surface area contributed by atoms with Crippen molar-refractivity contribution >= 4 is 5.91 Å². The molecule has 0 spiro atoms. The molecule has 2 saturated carbocycles. The molecule has 0 aliphatic heterocycles. The monoisotopic (exact) mass is 575 g/mol. The van der Waals surface area contributed by atoms with Crippen molar-refractivity contribution < 1.29 is 4.79 Å². The lowest BCUT2D eigenvalue weighted by molar-refractivity contribution is -0.121. The van der Waals surface area contributed by atoms with Crippen LogP contribution in [0.4, 0.5) is 0 Å². The zero-order valence-electron chi connectivity index (χ0n) is 28.5. The van der Waals surface area contributed by atoms with Gasteiger partial charge in [-0.2, -0.15) is 0 Å². The lowest BCUT2D eigenvalue weighted by Crippen LogP contribution is -2.25. The zero-order chi connectivity index (χ0) is 29.5. The van der Waals surface area contributed by atoms with Crippen molar-refractivity contribution in [2.24, 2.45) is 29.6 Å². The van der Waals surface area contributed by atoms with Gasteiger partial charge in [0.15, 0.2) is 0 Å². The van der Waals surface area contributed by atoms with E-state index in [-0.39, 0.29) is 5.91 Å². The minimum atomic E-state index is 0.250. The molecule has 0 heterocycles. The Morgan fingerprint density at radius 2 is 1.12 bits per heavy atom. The second-order valence-electron chi connectivity index (χ2n) is 14.8. The highest BCUT2D eigenvalue weighted by Gasteiger charge is 2.44. The van der Waals surface area contributed by atoms with Crippen molar-refractivity contribution in [1.29, 1.82) is 0 Å². The quantitative estimate of drug-likeness (QED) is 0.0865. The van der Waals surface area contributed by atoms with Gasteiger partial charge in [-0.25, -0.2) is 0 Å². The Balaban J connectivity index is 1.54. The first kappa shape index (κ1) is 36.6. The summed E-state index contributed by atoms with van der Waals surface area (Å²) in [6.45, 7) is 6.53. The first-order valence-electron chi connectivity index (χ1n) is 18.9. The fourth-order valence-corrected chi connectivity index (χ4v) is 7.35. The summed E-state index contributed by atoms with van der Waals surface area (Å²) in [5, 5.41) is 3.17. The molecule has 3 nitrogen and oxygen atoms in total. The van der Waals surface area contributed by atoms with Crippen molar-refractivity contribution in [2.75, 3.05) is 27.2 Å². The number of nitrogens with one attached hydrogen (secondary N) is 1. The van der Waals surface area contributed by atoms with Gasteiger partial charge in [0, 0.05) is 13.0 Å². The Hall–Kier alpha value is -0.570. The topological polar surface area (TPSA) is 32.3 Å². The minimum absolute atomic E-state index is 0.250. The predicted molar refractivity (Wildman–Crippen MR) is 180 cm³/mol. The maximum Gasteiger partial charge on any atom is 0.220 e. The van der Waals surface area contributed by atoms with Crippen molar-refractivity contribution in [3.05, 3.63) is 0 Å². The molecular formula is C38H74N2O. The summed E-state index contributed by atoms with van der Waals surface area (Å²) >= 11 is 0. The van der Waals surface area contributed by atoms with Gasteiger partial charge in [-0.15, -0.1) is 0 Å². The van der Waals surface area contributed by atoms with Crippen LogP contribution >= 0.6 is 0 Å². The second kappa shape index (κ2) is 23.8. The van der Waals surface area contributed by atoms with Gasteiger partial charge < -0.3 is 10.2 Å². The molecule has 0 aromatic heterocycles. The second-order valence-corrected chi connectivity index (χ2v) is 14.8. The molecule has 2 aliphatic rings. The van der Waals surface area contributed by atoms with Gasteiger partial charge in [-0.3, -0.25) is 4.79 Å². The number of hydrogen-bond acceptors (Lipinski definition) is 2.